The van der Waals surface area contributed by atoms with Crippen LogP contribution in [0.25, 0.3) is 10.3 Å². The standard InChI is InChI=1S/C23H20N2O5S2/c1-3-15-7-8-16(4-2)21(12-15)32(28,29)25(22(26)17-6-5-11-24-14-17)18-9-10-19-20(13-18)31-23(27)30-19/h5-14H,3-4H2,1-2H3. The van der Waals surface area contributed by atoms with Gasteiger partial charge in [-0.3, -0.25) is 9.78 Å². The largest absolute Gasteiger partial charge is 0.414 e. The molecule has 0 radical (unpaired) electrons. The molecule has 0 aliphatic heterocycles. The lowest BCUT2D eigenvalue weighted by atomic mass is 10.1. The molecule has 4 rings (SSSR count). The first-order chi connectivity index (χ1) is 15.3. The smallest absolute Gasteiger partial charge is 0.396 e. The predicted molar refractivity (Wildman–Crippen MR) is 124 cm³/mol. The van der Waals surface area contributed by atoms with Crippen molar-refractivity contribution in [2.75, 3.05) is 4.31 Å². The van der Waals surface area contributed by atoms with Gasteiger partial charge in [0.15, 0.2) is 0 Å². The topological polar surface area (TPSA) is 97.6 Å². The molecule has 32 heavy (non-hydrogen) atoms. The van der Waals surface area contributed by atoms with Crippen LogP contribution in [0.1, 0.15) is 35.3 Å². The molecule has 0 bridgehead atoms. The Bertz CT molecular complexity index is 1460. The first-order valence-corrected chi connectivity index (χ1v) is 12.3. The molecule has 0 aliphatic carbocycles. The molecule has 4 aromatic rings. The number of aryl methyl sites for hydroxylation is 2. The lowest BCUT2D eigenvalue weighted by Crippen LogP contribution is -2.37. The number of aromatic nitrogens is 1. The number of rotatable bonds is 6. The minimum absolute atomic E-state index is 0.0806. The van der Waals surface area contributed by atoms with Gasteiger partial charge < -0.3 is 4.42 Å². The quantitative estimate of drug-likeness (QED) is 0.416. The molecular weight excluding hydrogens is 448 g/mol. The summed E-state index contributed by atoms with van der Waals surface area (Å²) < 4.78 is 34.2. The second-order valence-corrected chi connectivity index (χ2v) is 9.78. The lowest BCUT2D eigenvalue weighted by Gasteiger charge is -2.24. The van der Waals surface area contributed by atoms with Crippen molar-refractivity contribution >= 4 is 43.2 Å². The number of anilines is 1. The van der Waals surface area contributed by atoms with Crippen LogP contribution in [0.4, 0.5) is 5.69 Å². The van der Waals surface area contributed by atoms with Gasteiger partial charge in [-0.25, -0.2) is 13.2 Å². The van der Waals surface area contributed by atoms with Gasteiger partial charge in [0.1, 0.15) is 5.58 Å². The van der Waals surface area contributed by atoms with Crippen LogP contribution in [-0.2, 0) is 22.9 Å². The highest BCUT2D eigenvalue weighted by Crippen LogP contribution is 2.32. The second-order valence-electron chi connectivity index (χ2n) is 7.05. The summed E-state index contributed by atoms with van der Waals surface area (Å²) in [7, 11) is -4.29. The molecule has 2 heterocycles. The van der Waals surface area contributed by atoms with E-state index in [1.165, 1.54) is 36.7 Å². The molecule has 0 saturated heterocycles. The van der Waals surface area contributed by atoms with E-state index in [1.807, 2.05) is 19.9 Å². The molecule has 7 nitrogen and oxygen atoms in total. The third kappa shape index (κ3) is 3.96. The Morgan fingerprint density at radius 1 is 1.09 bits per heavy atom. The number of carbonyl (C=O) groups excluding carboxylic acids is 1. The van der Waals surface area contributed by atoms with Crippen molar-refractivity contribution in [1.29, 1.82) is 0 Å². The van der Waals surface area contributed by atoms with E-state index in [9.17, 15) is 18.0 Å². The van der Waals surface area contributed by atoms with E-state index >= 15 is 0 Å². The number of hydrogen-bond donors (Lipinski definition) is 0. The zero-order valence-corrected chi connectivity index (χ0v) is 19.1. The Hall–Kier alpha value is -3.30. The number of carbonyl (C=O) groups is 1. The molecule has 0 N–H and O–H groups in total. The van der Waals surface area contributed by atoms with Gasteiger partial charge in [0, 0.05) is 12.4 Å². The minimum atomic E-state index is -4.29. The van der Waals surface area contributed by atoms with Crippen LogP contribution in [-0.4, -0.2) is 19.3 Å². The molecule has 0 fully saturated rings. The first-order valence-electron chi connectivity index (χ1n) is 10.00. The van der Waals surface area contributed by atoms with E-state index < -0.39 is 20.9 Å². The molecule has 1 amide bonds. The van der Waals surface area contributed by atoms with Gasteiger partial charge >= 0.3 is 4.94 Å². The monoisotopic (exact) mass is 468 g/mol. The van der Waals surface area contributed by atoms with Crippen molar-refractivity contribution in [3.05, 3.63) is 87.3 Å². The fourth-order valence-electron chi connectivity index (χ4n) is 3.41. The number of amides is 1. The average Bonchev–Trinajstić information content (AvgIpc) is 3.18. The summed E-state index contributed by atoms with van der Waals surface area (Å²) in [5.74, 6) is -0.739. The molecule has 2 aromatic carbocycles. The van der Waals surface area contributed by atoms with E-state index in [0.29, 0.717) is 28.7 Å². The van der Waals surface area contributed by atoms with Crippen LogP contribution >= 0.6 is 11.3 Å². The van der Waals surface area contributed by atoms with E-state index in [0.717, 1.165) is 21.2 Å². The van der Waals surface area contributed by atoms with Crippen LogP contribution in [0, 0.1) is 0 Å². The molecule has 0 unspecified atom stereocenters. The highest BCUT2D eigenvalue weighted by atomic mass is 32.2. The van der Waals surface area contributed by atoms with E-state index in [4.69, 9.17) is 4.42 Å². The normalized spacial score (nSPS) is 11.6. The summed E-state index contributed by atoms with van der Waals surface area (Å²) in [6, 6.07) is 12.8. The Morgan fingerprint density at radius 2 is 1.91 bits per heavy atom. The number of sulfonamides is 1. The number of hydrogen-bond acceptors (Lipinski definition) is 7. The molecule has 164 valence electrons. The first kappa shape index (κ1) is 21.9. The summed E-state index contributed by atoms with van der Waals surface area (Å²) in [6.45, 7) is 3.80. The summed E-state index contributed by atoms with van der Waals surface area (Å²) in [5, 5.41) is 0. The van der Waals surface area contributed by atoms with Crippen molar-refractivity contribution < 1.29 is 17.6 Å². The Balaban J connectivity index is 1.96. The fraction of sp³-hybridized carbons (Fsp3) is 0.174. The maximum absolute atomic E-state index is 13.9. The summed E-state index contributed by atoms with van der Waals surface area (Å²) in [5.41, 5.74) is 2.03. The minimum Gasteiger partial charge on any atom is -0.414 e. The molecular formula is C23H20N2O5S2. The third-order valence-electron chi connectivity index (χ3n) is 5.08. The Labute approximate surface area is 189 Å². The van der Waals surface area contributed by atoms with E-state index in [2.05, 4.69) is 4.98 Å². The van der Waals surface area contributed by atoms with Gasteiger partial charge in [-0.15, -0.1) is 0 Å². The van der Waals surface area contributed by atoms with E-state index in [-0.39, 0.29) is 16.1 Å². The maximum atomic E-state index is 13.9. The Morgan fingerprint density at radius 3 is 2.59 bits per heavy atom. The molecule has 2 aromatic heterocycles. The molecule has 0 aliphatic rings. The van der Waals surface area contributed by atoms with Crippen molar-refractivity contribution in [2.45, 2.75) is 31.6 Å². The van der Waals surface area contributed by atoms with Crippen molar-refractivity contribution in [3.63, 3.8) is 0 Å². The maximum Gasteiger partial charge on any atom is 0.396 e. The SMILES string of the molecule is CCc1ccc(CC)c(S(=O)(=O)N(C(=O)c2cccnc2)c2ccc3oc(=O)sc3c2)c1. The van der Waals surface area contributed by atoms with Crippen LogP contribution in [0.15, 0.2) is 75.0 Å². The number of nitrogens with zero attached hydrogens (tertiary/aromatic N) is 2. The van der Waals surface area contributed by atoms with Gasteiger partial charge in [0.05, 0.1) is 20.8 Å². The molecule has 0 saturated carbocycles. The zero-order valence-electron chi connectivity index (χ0n) is 17.4. The van der Waals surface area contributed by atoms with Gasteiger partial charge in [-0.1, -0.05) is 37.3 Å². The highest BCUT2D eigenvalue weighted by Gasteiger charge is 2.34. The third-order valence-corrected chi connectivity index (χ3v) is 7.66. The van der Waals surface area contributed by atoms with Gasteiger partial charge in [0.25, 0.3) is 15.9 Å². The molecule has 0 spiro atoms. The van der Waals surface area contributed by atoms with Gasteiger partial charge in [0.2, 0.25) is 0 Å². The van der Waals surface area contributed by atoms with Crippen LogP contribution in [0.2, 0.25) is 0 Å². The highest BCUT2D eigenvalue weighted by molar-refractivity contribution is 7.93. The van der Waals surface area contributed by atoms with E-state index in [1.54, 1.807) is 18.2 Å². The zero-order chi connectivity index (χ0) is 22.9. The number of benzene rings is 2. The summed E-state index contributed by atoms with van der Waals surface area (Å²) in [6.07, 6.45) is 3.96. The number of fused-ring (bicyclic) bond motifs is 1. The average molecular weight is 469 g/mol. The van der Waals surface area contributed by atoms with Crippen LogP contribution in [0.3, 0.4) is 0 Å². The summed E-state index contributed by atoms with van der Waals surface area (Å²) >= 11 is 0.844. The van der Waals surface area contributed by atoms with Crippen LogP contribution in [0.5, 0.6) is 0 Å². The van der Waals surface area contributed by atoms with Crippen molar-refractivity contribution in [3.8, 4) is 0 Å². The fourth-order valence-corrected chi connectivity index (χ4v) is 5.87. The van der Waals surface area contributed by atoms with Crippen molar-refractivity contribution in [1.82, 2.24) is 4.98 Å². The second kappa shape index (κ2) is 8.68. The molecule has 9 heteroatoms. The van der Waals surface area contributed by atoms with Crippen molar-refractivity contribution in [2.24, 2.45) is 0 Å². The lowest BCUT2D eigenvalue weighted by molar-refractivity contribution is 0.100. The van der Waals surface area contributed by atoms with Crippen LogP contribution < -0.4 is 9.24 Å². The predicted octanol–water partition coefficient (Wildman–Crippen LogP) is 4.41. The summed E-state index contributed by atoms with van der Waals surface area (Å²) in [4.78, 5) is 28.7. The van der Waals surface area contributed by atoms with Gasteiger partial charge in [-0.2, -0.15) is 4.31 Å². The number of pyridine rings is 1. The Kier molecular flexibility index (Phi) is 5.94. The van der Waals surface area contributed by atoms with Gasteiger partial charge in [-0.05, 0) is 60.4 Å². The molecule has 0 atom stereocenters.